The van der Waals surface area contributed by atoms with Crippen molar-refractivity contribution in [1.82, 2.24) is 0 Å². The molecule has 23 heavy (non-hydrogen) atoms. The third-order valence-corrected chi connectivity index (χ3v) is 5.44. The van der Waals surface area contributed by atoms with Crippen LogP contribution in [-0.2, 0) is 22.4 Å². The Morgan fingerprint density at radius 1 is 1.57 bits per heavy atom. The highest BCUT2D eigenvalue weighted by atomic mass is 32.1. The van der Waals surface area contributed by atoms with Gasteiger partial charge in [0.2, 0.25) is 0 Å². The molecule has 2 atom stereocenters. The number of carbonyl (C=O) groups excluding carboxylic acids is 1. The van der Waals surface area contributed by atoms with Crippen LogP contribution in [0, 0.1) is 11.8 Å². The summed E-state index contributed by atoms with van der Waals surface area (Å²) in [5.74, 6) is 4.98. The SMILES string of the molecule is CC#CCOC(=O)C1=C(N)c2c(sc3c2CC[C@H](O)C3)N[C@H]1C. The molecule has 1 aliphatic carbocycles. The summed E-state index contributed by atoms with van der Waals surface area (Å²) in [6.07, 6.45) is 1.87. The number of esters is 1. The summed E-state index contributed by atoms with van der Waals surface area (Å²) in [4.78, 5) is 13.5. The number of thiophene rings is 1. The van der Waals surface area contributed by atoms with Crippen LogP contribution < -0.4 is 11.1 Å². The Balaban J connectivity index is 1.98. The zero-order valence-electron chi connectivity index (χ0n) is 13.2. The number of hydrogen-bond donors (Lipinski definition) is 3. The van der Waals surface area contributed by atoms with Gasteiger partial charge in [0.05, 0.1) is 28.4 Å². The molecule has 122 valence electrons. The average Bonchev–Trinajstić information content (AvgIpc) is 2.84. The molecule has 0 fully saturated rings. The van der Waals surface area contributed by atoms with Gasteiger partial charge in [-0.2, -0.15) is 0 Å². The van der Waals surface area contributed by atoms with Gasteiger partial charge in [-0.1, -0.05) is 5.92 Å². The Hall–Kier alpha value is -1.97. The van der Waals surface area contributed by atoms with Gasteiger partial charge >= 0.3 is 5.97 Å². The second kappa shape index (κ2) is 6.26. The molecule has 5 nitrogen and oxygen atoms in total. The molecule has 2 aliphatic rings. The first-order chi connectivity index (χ1) is 11.0. The largest absolute Gasteiger partial charge is 0.449 e. The third kappa shape index (κ3) is 2.82. The van der Waals surface area contributed by atoms with Crippen LogP contribution in [0.5, 0.6) is 0 Å². The lowest BCUT2D eigenvalue weighted by molar-refractivity contribution is -0.137. The number of nitrogens with two attached hydrogens (primary N) is 1. The molecule has 2 heterocycles. The van der Waals surface area contributed by atoms with Crippen LogP contribution >= 0.6 is 11.3 Å². The van der Waals surface area contributed by atoms with Gasteiger partial charge in [-0.3, -0.25) is 0 Å². The minimum Gasteiger partial charge on any atom is -0.449 e. The Bertz CT molecular complexity index is 739. The molecule has 1 aliphatic heterocycles. The van der Waals surface area contributed by atoms with E-state index in [1.54, 1.807) is 18.3 Å². The maximum absolute atomic E-state index is 12.3. The summed E-state index contributed by atoms with van der Waals surface area (Å²) in [5.41, 5.74) is 9.37. The topological polar surface area (TPSA) is 84.6 Å². The summed E-state index contributed by atoms with van der Waals surface area (Å²) < 4.78 is 5.19. The lowest BCUT2D eigenvalue weighted by Crippen LogP contribution is -2.31. The molecule has 1 aromatic heterocycles. The van der Waals surface area contributed by atoms with Gasteiger partial charge in [-0.05, 0) is 32.3 Å². The van der Waals surface area contributed by atoms with Crippen LogP contribution in [0.15, 0.2) is 5.57 Å². The Kier molecular flexibility index (Phi) is 4.33. The smallest absolute Gasteiger partial charge is 0.339 e. The number of aliphatic hydroxyl groups excluding tert-OH is 1. The quantitative estimate of drug-likeness (QED) is 0.566. The zero-order chi connectivity index (χ0) is 16.6. The Morgan fingerprint density at radius 2 is 2.35 bits per heavy atom. The molecule has 0 spiro atoms. The molecular weight excluding hydrogens is 312 g/mol. The van der Waals surface area contributed by atoms with E-state index in [9.17, 15) is 9.90 Å². The van der Waals surface area contributed by atoms with E-state index in [1.165, 1.54) is 0 Å². The highest BCUT2D eigenvalue weighted by Gasteiger charge is 2.34. The minimum absolute atomic E-state index is 0.0691. The fourth-order valence-electron chi connectivity index (χ4n) is 3.13. The molecule has 1 aromatic rings. The van der Waals surface area contributed by atoms with Crippen molar-refractivity contribution in [2.24, 2.45) is 5.73 Å². The van der Waals surface area contributed by atoms with Crippen molar-refractivity contribution in [3.8, 4) is 11.8 Å². The first-order valence-electron chi connectivity index (χ1n) is 7.68. The monoisotopic (exact) mass is 332 g/mol. The molecule has 3 rings (SSSR count). The summed E-state index contributed by atoms with van der Waals surface area (Å²) >= 11 is 1.62. The number of nitrogens with one attached hydrogen (secondary N) is 1. The average molecular weight is 332 g/mol. The van der Waals surface area contributed by atoms with E-state index < -0.39 is 5.97 Å². The summed E-state index contributed by atoms with van der Waals surface area (Å²) in [6.45, 7) is 3.66. The van der Waals surface area contributed by atoms with E-state index in [2.05, 4.69) is 17.2 Å². The van der Waals surface area contributed by atoms with Crippen molar-refractivity contribution in [2.75, 3.05) is 11.9 Å². The van der Waals surface area contributed by atoms with Crippen molar-refractivity contribution in [3.63, 3.8) is 0 Å². The third-order valence-electron chi connectivity index (χ3n) is 4.25. The molecule has 0 aromatic carbocycles. The van der Waals surface area contributed by atoms with Crippen LogP contribution in [-0.4, -0.2) is 29.8 Å². The van der Waals surface area contributed by atoms with Crippen molar-refractivity contribution < 1.29 is 14.6 Å². The van der Waals surface area contributed by atoms with Crippen LogP contribution in [0.2, 0.25) is 0 Å². The lowest BCUT2D eigenvalue weighted by Gasteiger charge is -2.26. The number of ether oxygens (including phenoxy) is 1. The van der Waals surface area contributed by atoms with Crippen LogP contribution in [0.1, 0.15) is 36.3 Å². The van der Waals surface area contributed by atoms with E-state index in [4.69, 9.17) is 10.5 Å². The Labute approximate surface area is 139 Å². The van der Waals surface area contributed by atoms with Crippen molar-refractivity contribution in [2.45, 2.75) is 45.3 Å². The number of carbonyl (C=O) groups is 1. The molecular formula is C17H20N2O3S. The van der Waals surface area contributed by atoms with E-state index in [0.29, 0.717) is 17.7 Å². The van der Waals surface area contributed by atoms with E-state index in [0.717, 1.165) is 33.8 Å². The van der Waals surface area contributed by atoms with Gasteiger partial charge in [0.25, 0.3) is 0 Å². The second-order valence-corrected chi connectivity index (χ2v) is 6.91. The summed E-state index contributed by atoms with van der Waals surface area (Å²) in [5, 5.41) is 14.2. The number of rotatable bonds is 2. The van der Waals surface area contributed by atoms with E-state index in [1.807, 2.05) is 6.92 Å². The Morgan fingerprint density at radius 3 is 3.09 bits per heavy atom. The first-order valence-corrected chi connectivity index (χ1v) is 8.50. The lowest BCUT2D eigenvalue weighted by atomic mass is 9.89. The zero-order valence-corrected chi connectivity index (χ0v) is 14.0. The van der Waals surface area contributed by atoms with Gasteiger partial charge in [0, 0.05) is 16.9 Å². The molecule has 6 heteroatoms. The maximum atomic E-state index is 12.3. The molecule has 0 bridgehead atoms. The predicted molar refractivity (Wildman–Crippen MR) is 91.0 cm³/mol. The van der Waals surface area contributed by atoms with Crippen LogP contribution in [0.3, 0.4) is 0 Å². The van der Waals surface area contributed by atoms with E-state index >= 15 is 0 Å². The summed E-state index contributed by atoms with van der Waals surface area (Å²) in [7, 11) is 0. The molecule has 0 radical (unpaired) electrons. The van der Waals surface area contributed by atoms with Crippen molar-refractivity contribution >= 4 is 28.0 Å². The standard InChI is InChI=1S/C17H20N2O3S/c1-3-4-7-22-17(21)13-9(2)19-16-14(15(13)18)11-6-5-10(20)8-12(11)23-16/h9-10,19-20H,5-8,18H2,1-2H3/t9-,10-/m0/s1. The van der Waals surface area contributed by atoms with E-state index in [-0.39, 0.29) is 18.8 Å². The molecule has 0 unspecified atom stereocenters. The minimum atomic E-state index is -0.424. The first kappa shape index (κ1) is 15.9. The number of aliphatic hydroxyl groups is 1. The maximum Gasteiger partial charge on any atom is 0.339 e. The number of anilines is 1. The number of fused-ring (bicyclic) bond motifs is 3. The van der Waals surface area contributed by atoms with Gasteiger partial charge in [-0.25, -0.2) is 4.79 Å². The highest BCUT2D eigenvalue weighted by molar-refractivity contribution is 7.16. The fourth-order valence-corrected chi connectivity index (χ4v) is 4.55. The molecule has 0 saturated heterocycles. The molecule has 0 saturated carbocycles. The molecule has 0 amide bonds. The number of hydrogen-bond acceptors (Lipinski definition) is 6. The normalized spacial score (nSPS) is 22.4. The van der Waals surface area contributed by atoms with Crippen LogP contribution in [0.25, 0.3) is 5.70 Å². The second-order valence-electron chi connectivity index (χ2n) is 5.80. The van der Waals surface area contributed by atoms with Gasteiger partial charge in [-0.15, -0.1) is 17.3 Å². The fraction of sp³-hybridized carbons (Fsp3) is 0.471. The van der Waals surface area contributed by atoms with Gasteiger partial charge < -0.3 is 20.9 Å². The molecule has 4 N–H and O–H groups in total. The summed E-state index contributed by atoms with van der Waals surface area (Å²) in [6, 6.07) is -0.213. The van der Waals surface area contributed by atoms with Crippen molar-refractivity contribution in [3.05, 3.63) is 21.6 Å². The van der Waals surface area contributed by atoms with Crippen LogP contribution in [0.4, 0.5) is 5.00 Å². The predicted octanol–water partition coefficient (Wildman–Crippen LogP) is 1.65. The highest BCUT2D eigenvalue weighted by Crippen LogP contribution is 2.44. The van der Waals surface area contributed by atoms with Gasteiger partial charge in [0.1, 0.15) is 0 Å². The van der Waals surface area contributed by atoms with Crippen molar-refractivity contribution in [1.29, 1.82) is 0 Å². The van der Waals surface area contributed by atoms with Gasteiger partial charge in [0.15, 0.2) is 6.61 Å².